The summed E-state index contributed by atoms with van der Waals surface area (Å²) in [6.07, 6.45) is 1.67. The van der Waals surface area contributed by atoms with Crippen molar-refractivity contribution >= 4 is 11.9 Å². The second kappa shape index (κ2) is 14.1. The zero-order valence-corrected chi connectivity index (χ0v) is 28.1. The van der Waals surface area contributed by atoms with Crippen molar-refractivity contribution in [2.24, 2.45) is 0 Å². The minimum atomic E-state index is -0.981. The lowest BCUT2D eigenvalue weighted by molar-refractivity contribution is -0.132. The summed E-state index contributed by atoms with van der Waals surface area (Å²) in [6, 6.07) is 8.57. The largest absolute Gasteiger partial charge is 0.507 e. The molecule has 0 unspecified atom stereocenters. The maximum Gasteiger partial charge on any atom is 0.327 e. The van der Waals surface area contributed by atoms with Gasteiger partial charge in [0.1, 0.15) is 11.5 Å². The summed E-state index contributed by atoms with van der Waals surface area (Å²) >= 11 is 0. The molecular formula is C36H54O6. The lowest BCUT2D eigenvalue weighted by Gasteiger charge is -2.31. The molecule has 0 bridgehead atoms. The molecule has 0 amide bonds. The molecule has 4 N–H and O–H groups in total. The van der Waals surface area contributed by atoms with E-state index in [1.807, 2.05) is 0 Å². The fraction of sp³-hybridized carbons (Fsp3) is 0.500. The van der Waals surface area contributed by atoms with Gasteiger partial charge in [0.05, 0.1) is 0 Å². The number of carboxylic acids is 2. The van der Waals surface area contributed by atoms with Crippen molar-refractivity contribution in [3.63, 3.8) is 0 Å². The van der Waals surface area contributed by atoms with Gasteiger partial charge < -0.3 is 20.4 Å². The molecule has 0 aliphatic carbocycles. The van der Waals surface area contributed by atoms with E-state index in [0.29, 0.717) is 11.5 Å². The Balaban J connectivity index is 0.00000144. The highest BCUT2D eigenvalue weighted by Crippen LogP contribution is 2.46. The van der Waals surface area contributed by atoms with Gasteiger partial charge in [-0.3, -0.25) is 0 Å². The predicted octanol–water partition coefficient (Wildman–Crippen LogP) is 8.95. The lowest BCUT2D eigenvalue weighted by atomic mass is 9.74. The summed E-state index contributed by atoms with van der Waals surface area (Å²) in [4.78, 5) is 18.5. The monoisotopic (exact) mass is 582 g/mol. The van der Waals surface area contributed by atoms with E-state index >= 15 is 0 Å². The minimum absolute atomic E-state index is 0.0476. The smallest absolute Gasteiger partial charge is 0.327 e. The first-order valence-electron chi connectivity index (χ1n) is 14.2. The second-order valence-corrected chi connectivity index (χ2v) is 14.7. The van der Waals surface area contributed by atoms with Gasteiger partial charge in [-0.1, -0.05) is 127 Å². The molecule has 0 fully saturated rings. The van der Waals surface area contributed by atoms with Crippen molar-refractivity contribution in [1.82, 2.24) is 0 Å². The summed E-state index contributed by atoms with van der Waals surface area (Å²) in [6.45, 7) is 34.1. The van der Waals surface area contributed by atoms with Crippen LogP contribution in [0.25, 0.3) is 0 Å². The van der Waals surface area contributed by atoms with Gasteiger partial charge in [0.15, 0.2) is 0 Å². The maximum absolute atomic E-state index is 11.4. The molecule has 42 heavy (non-hydrogen) atoms. The van der Waals surface area contributed by atoms with Crippen LogP contribution in [0.1, 0.15) is 129 Å². The van der Waals surface area contributed by atoms with Crippen LogP contribution in [0.15, 0.2) is 49.6 Å². The van der Waals surface area contributed by atoms with E-state index in [-0.39, 0.29) is 27.6 Å². The third kappa shape index (κ3) is 11.0. The molecule has 0 aromatic heterocycles. The number of aromatic hydroxyl groups is 2. The van der Waals surface area contributed by atoms with Gasteiger partial charge in [-0.15, -0.1) is 0 Å². The average Bonchev–Trinajstić information content (AvgIpc) is 2.81. The third-order valence-corrected chi connectivity index (χ3v) is 6.91. The molecule has 0 saturated heterocycles. The van der Waals surface area contributed by atoms with E-state index < -0.39 is 11.9 Å². The predicted molar refractivity (Wildman–Crippen MR) is 174 cm³/mol. The van der Waals surface area contributed by atoms with Crippen LogP contribution in [-0.4, -0.2) is 32.4 Å². The molecule has 0 aliphatic rings. The standard InChI is InChI=1S/C30H46O2.2C3H4O2/c1-18(21-14-19(27(2,3)4)16-23(25(21)31)29(8,9)10)22-15-20(28(5,6)7)17-24(26(22)32)30(11,12)13;2*1-2-3(4)5/h14-18,31-32H,1-13H3;2*2H,1H2,(H,4,5). The number of rotatable bonds is 4. The first-order valence-corrected chi connectivity index (χ1v) is 14.2. The average molecular weight is 583 g/mol. The van der Waals surface area contributed by atoms with Crippen molar-refractivity contribution in [1.29, 1.82) is 0 Å². The Bertz CT molecular complexity index is 1170. The van der Waals surface area contributed by atoms with Crippen molar-refractivity contribution < 1.29 is 30.0 Å². The molecule has 0 atom stereocenters. The number of aliphatic carboxylic acids is 2. The Morgan fingerprint density at radius 1 is 0.595 bits per heavy atom. The molecule has 6 nitrogen and oxygen atoms in total. The summed E-state index contributed by atoms with van der Waals surface area (Å²) in [5.74, 6) is -1.43. The number of carboxylic acid groups (broad SMARTS) is 2. The van der Waals surface area contributed by atoms with Gasteiger partial charge in [0, 0.05) is 29.2 Å². The van der Waals surface area contributed by atoms with Crippen molar-refractivity contribution in [3.8, 4) is 11.5 Å². The Labute approximate surface area is 253 Å². The van der Waals surface area contributed by atoms with Crippen LogP contribution in [0, 0.1) is 0 Å². The van der Waals surface area contributed by atoms with Crippen molar-refractivity contribution in [2.75, 3.05) is 0 Å². The Kier molecular flexibility index (Phi) is 12.9. The quantitative estimate of drug-likeness (QED) is 0.268. The van der Waals surface area contributed by atoms with Crippen molar-refractivity contribution in [2.45, 2.75) is 118 Å². The normalized spacial score (nSPS) is 12.0. The Morgan fingerprint density at radius 3 is 1.00 bits per heavy atom. The molecule has 234 valence electrons. The fourth-order valence-corrected chi connectivity index (χ4v) is 4.15. The molecule has 0 heterocycles. The third-order valence-electron chi connectivity index (χ3n) is 6.91. The van der Waals surface area contributed by atoms with Crippen LogP contribution in [-0.2, 0) is 31.2 Å². The van der Waals surface area contributed by atoms with E-state index in [1.165, 1.54) is 11.1 Å². The zero-order chi connectivity index (χ0) is 33.6. The first-order chi connectivity index (χ1) is 18.7. The highest BCUT2D eigenvalue weighted by molar-refractivity contribution is 5.79. The Morgan fingerprint density at radius 2 is 0.833 bits per heavy atom. The molecular weight excluding hydrogens is 528 g/mol. The number of carbonyl (C=O) groups is 2. The number of hydrogen-bond acceptors (Lipinski definition) is 4. The molecule has 0 spiro atoms. The van der Waals surface area contributed by atoms with Crippen LogP contribution in [0.5, 0.6) is 11.5 Å². The van der Waals surface area contributed by atoms with E-state index in [0.717, 1.165) is 34.4 Å². The molecule has 2 rings (SSSR count). The van der Waals surface area contributed by atoms with Gasteiger partial charge in [0.2, 0.25) is 0 Å². The topological polar surface area (TPSA) is 115 Å². The second-order valence-electron chi connectivity index (χ2n) is 14.7. The summed E-state index contributed by atoms with van der Waals surface area (Å²) in [5, 5.41) is 38.0. The van der Waals surface area contributed by atoms with Gasteiger partial charge in [0.25, 0.3) is 0 Å². The molecule has 0 aliphatic heterocycles. The van der Waals surface area contributed by atoms with Gasteiger partial charge in [-0.2, -0.15) is 0 Å². The molecule has 6 heteroatoms. The lowest BCUT2D eigenvalue weighted by Crippen LogP contribution is -2.19. The number of hydrogen-bond donors (Lipinski definition) is 4. The summed E-state index contributed by atoms with van der Waals surface area (Å²) in [7, 11) is 0. The van der Waals surface area contributed by atoms with Gasteiger partial charge >= 0.3 is 11.9 Å². The molecule has 2 aromatic carbocycles. The first kappa shape index (κ1) is 38.5. The van der Waals surface area contributed by atoms with Crippen LogP contribution in [0.4, 0.5) is 0 Å². The van der Waals surface area contributed by atoms with Crippen molar-refractivity contribution in [3.05, 3.63) is 83.0 Å². The van der Waals surface area contributed by atoms with Crippen LogP contribution >= 0.6 is 0 Å². The van der Waals surface area contributed by atoms with E-state index in [4.69, 9.17) is 10.2 Å². The zero-order valence-electron chi connectivity index (χ0n) is 28.1. The molecule has 0 radical (unpaired) electrons. The van der Waals surface area contributed by atoms with E-state index in [9.17, 15) is 19.8 Å². The van der Waals surface area contributed by atoms with Crippen LogP contribution in [0.3, 0.4) is 0 Å². The van der Waals surface area contributed by atoms with Gasteiger partial charge in [-0.25, -0.2) is 9.59 Å². The number of phenolic OH excluding ortho intramolecular Hbond substituents is 2. The van der Waals surface area contributed by atoms with E-state index in [1.54, 1.807) is 0 Å². The highest BCUT2D eigenvalue weighted by atomic mass is 16.4. The number of benzene rings is 2. The van der Waals surface area contributed by atoms with E-state index in [2.05, 4.69) is 127 Å². The van der Waals surface area contributed by atoms with Crippen LogP contribution in [0.2, 0.25) is 0 Å². The maximum atomic E-state index is 11.4. The summed E-state index contributed by atoms with van der Waals surface area (Å²) in [5.41, 5.74) is 5.59. The minimum Gasteiger partial charge on any atom is -0.507 e. The summed E-state index contributed by atoms with van der Waals surface area (Å²) < 4.78 is 0. The Hall–Kier alpha value is -3.54. The highest BCUT2D eigenvalue weighted by Gasteiger charge is 2.31. The van der Waals surface area contributed by atoms with Crippen LogP contribution < -0.4 is 0 Å². The SMILES string of the molecule is C=CC(=O)O.C=CC(=O)O.CC(c1cc(C(C)(C)C)cc(C(C)(C)C)c1O)c1cc(C(C)(C)C)cc(C(C)(C)C)c1O. The molecule has 0 saturated carbocycles. The fourth-order valence-electron chi connectivity index (χ4n) is 4.15. The van der Waals surface area contributed by atoms with Gasteiger partial charge in [-0.05, 0) is 43.9 Å². The molecule has 2 aromatic rings. The number of phenols is 2.